The summed E-state index contributed by atoms with van der Waals surface area (Å²) in [7, 11) is 1.56. The van der Waals surface area contributed by atoms with Crippen molar-refractivity contribution < 1.29 is 14.6 Å². The van der Waals surface area contributed by atoms with Gasteiger partial charge in [-0.1, -0.05) is 5.21 Å². The number of ether oxygens (including phenoxy) is 2. The summed E-state index contributed by atoms with van der Waals surface area (Å²) in [5, 5.41) is 17.6. The van der Waals surface area contributed by atoms with Gasteiger partial charge in [-0.2, -0.15) is 0 Å². The smallest absolute Gasteiger partial charge is 0.330 e. The van der Waals surface area contributed by atoms with E-state index >= 15 is 0 Å². The van der Waals surface area contributed by atoms with Crippen LogP contribution >= 0.6 is 0 Å². The van der Waals surface area contributed by atoms with Gasteiger partial charge in [-0.3, -0.25) is 14.3 Å². The van der Waals surface area contributed by atoms with Gasteiger partial charge in [0.25, 0.3) is 5.56 Å². The molecule has 1 aliphatic rings. The zero-order valence-electron chi connectivity index (χ0n) is 13.4. The van der Waals surface area contributed by atoms with Crippen LogP contribution in [0.25, 0.3) is 0 Å². The van der Waals surface area contributed by atoms with E-state index < -0.39 is 23.6 Å². The van der Waals surface area contributed by atoms with E-state index in [0.717, 1.165) is 0 Å². The first-order chi connectivity index (χ1) is 11.5. The predicted molar refractivity (Wildman–Crippen MR) is 81.4 cm³/mol. The first kappa shape index (κ1) is 16.6. The molecule has 130 valence electrons. The van der Waals surface area contributed by atoms with Crippen molar-refractivity contribution in [1.82, 2.24) is 24.5 Å². The van der Waals surface area contributed by atoms with E-state index in [1.165, 1.54) is 10.8 Å². The minimum absolute atomic E-state index is 0.224. The molecule has 0 aromatic carbocycles. The van der Waals surface area contributed by atoms with Crippen LogP contribution in [-0.2, 0) is 16.1 Å². The summed E-state index contributed by atoms with van der Waals surface area (Å²) in [6.07, 6.45) is 2.45. The third kappa shape index (κ3) is 3.03. The van der Waals surface area contributed by atoms with Crippen molar-refractivity contribution >= 4 is 0 Å². The average molecular weight is 337 g/mol. The lowest BCUT2D eigenvalue weighted by atomic mass is 10.1. The molecule has 3 heterocycles. The lowest BCUT2D eigenvalue weighted by Crippen LogP contribution is -2.33. The highest BCUT2D eigenvalue weighted by Gasteiger charge is 2.38. The Hall–Kier alpha value is -2.30. The van der Waals surface area contributed by atoms with Gasteiger partial charge in [-0.05, 0) is 6.92 Å². The Labute approximate surface area is 136 Å². The number of aromatic amines is 1. The lowest BCUT2D eigenvalue weighted by Gasteiger charge is -2.15. The Kier molecular flexibility index (Phi) is 4.60. The number of rotatable bonds is 5. The van der Waals surface area contributed by atoms with Gasteiger partial charge < -0.3 is 14.6 Å². The quantitative estimate of drug-likeness (QED) is 0.725. The summed E-state index contributed by atoms with van der Waals surface area (Å²) in [5.74, 6) is 0. The summed E-state index contributed by atoms with van der Waals surface area (Å²) in [6.45, 7) is 1.72. The fraction of sp³-hybridized carbons (Fsp3) is 0.571. The largest absolute Gasteiger partial charge is 0.394 e. The number of H-pyrrole nitrogens is 1. The molecule has 1 aliphatic heterocycles. The molecule has 1 fully saturated rings. The van der Waals surface area contributed by atoms with Crippen LogP contribution in [0.4, 0.5) is 0 Å². The summed E-state index contributed by atoms with van der Waals surface area (Å²) in [4.78, 5) is 25.8. The number of aliphatic hydroxyl groups is 1. The first-order valence-electron chi connectivity index (χ1n) is 7.51. The van der Waals surface area contributed by atoms with Crippen LogP contribution < -0.4 is 11.2 Å². The van der Waals surface area contributed by atoms with E-state index in [-0.39, 0.29) is 12.6 Å². The van der Waals surface area contributed by atoms with Crippen molar-refractivity contribution in [2.45, 2.75) is 38.3 Å². The second kappa shape index (κ2) is 6.67. The van der Waals surface area contributed by atoms with Gasteiger partial charge in [-0.25, -0.2) is 9.48 Å². The fourth-order valence-electron chi connectivity index (χ4n) is 2.82. The summed E-state index contributed by atoms with van der Waals surface area (Å²) in [6, 6.07) is -0.280. The number of aromatic nitrogens is 5. The fourth-order valence-corrected chi connectivity index (χ4v) is 2.82. The second-order valence-corrected chi connectivity index (χ2v) is 5.72. The molecule has 1 saturated heterocycles. The van der Waals surface area contributed by atoms with Gasteiger partial charge in [0, 0.05) is 25.3 Å². The summed E-state index contributed by atoms with van der Waals surface area (Å²) >= 11 is 0. The lowest BCUT2D eigenvalue weighted by molar-refractivity contribution is -0.0323. The standard InChI is InChI=1S/C14H19N5O5/c1-8-4-18(14(22)15-13(8)21)12-3-10(11(6-20)24-12)19-5-9(7-23-2)16-17-19/h4-5,10-12,20H,3,6-7H2,1-2H3,(H,15,21,22)/t10-,11+,12+/m0/s1. The topological polar surface area (TPSA) is 124 Å². The molecule has 0 aliphatic carbocycles. The second-order valence-electron chi connectivity index (χ2n) is 5.72. The molecule has 10 nitrogen and oxygen atoms in total. The summed E-state index contributed by atoms with van der Waals surface area (Å²) < 4.78 is 13.7. The highest BCUT2D eigenvalue weighted by molar-refractivity contribution is 5.02. The SMILES string of the molecule is COCc1cn([C@H]2C[C@H](n3cc(C)c(=O)[nH]c3=O)O[C@@H]2CO)nn1. The first-order valence-corrected chi connectivity index (χ1v) is 7.51. The van der Waals surface area contributed by atoms with Gasteiger partial charge in [0.1, 0.15) is 18.0 Å². The van der Waals surface area contributed by atoms with Gasteiger partial charge in [0.15, 0.2) is 0 Å². The van der Waals surface area contributed by atoms with E-state index in [4.69, 9.17) is 9.47 Å². The molecule has 0 radical (unpaired) electrons. The Morgan fingerprint density at radius 1 is 1.46 bits per heavy atom. The van der Waals surface area contributed by atoms with Crippen LogP contribution in [0.5, 0.6) is 0 Å². The zero-order chi connectivity index (χ0) is 17.3. The van der Waals surface area contributed by atoms with Gasteiger partial charge in [0.05, 0.1) is 25.5 Å². The van der Waals surface area contributed by atoms with Crippen LogP contribution in [-0.4, -0.2) is 49.5 Å². The number of aliphatic hydroxyl groups excluding tert-OH is 1. The molecule has 24 heavy (non-hydrogen) atoms. The van der Waals surface area contributed by atoms with Crippen LogP contribution in [0.2, 0.25) is 0 Å². The van der Waals surface area contributed by atoms with Crippen molar-refractivity contribution in [1.29, 1.82) is 0 Å². The Balaban J connectivity index is 1.87. The molecule has 0 amide bonds. The van der Waals surface area contributed by atoms with Crippen molar-refractivity contribution in [3.63, 3.8) is 0 Å². The molecule has 3 rings (SSSR count). The summed E-state index contributed by atoms with van der Waals surface area (Å²) in [5.41, 5.74) is 0.0941. The number of methoxy groups -OCH3 is 1. The van der Waals surface area contributed by atoms with Crippen LogP contribution in [0, 0.1) is 6.92 Å². The third-order valence-electron chi connectivity index (χ3n) is 4.03. The zero-order valence-corrected chi connectivity index (χ0v) is 13.4. The van der Waals surface area contributed by atoms with E-state index in [1.807, 2.05) is 0 Å². The van der Waals surface area contributed by atoms with Crippen LogP contribution in [0.3, 0.4) is 0 Å². The maximum atomic E-state index is 12.0. The normalized spacial score (nSPS) is 23.7. The van der Waals surface area contributed by atoms with E-state index in [0.29, 0.717) is 24.3 Å². The van der Waals surface area contributed by atoms with Crippen molar-refractivity contribution in [3.05, 3.63) is 44.5 Å². The van der Waals surface area contributed by atoms with Gasteiger partial charge in [0.2, 0.25) is 0 Å². The molecule has 0 spiro atoms. The van der Waals surface area contributed by atoms with Crippen LogP contribution in [0.1, 0.15) is 29.9 Å². The van der Waals surface area contributed by atoms with E-state index in [2.05, 4.69) is 15.3 Å². The highest BCUT2D eigenvalue weighted by atomic mass is 16.5. The number of aryl methyl sites for hydroxylation is 1. The van der Waals surface area contributed by atoms with Gasteiger partial charge in [-0.15, -0.1) is 5.10 Å². The molecule has 2 N–H and O–H groups in total. The molecule has 0 unspecified atom stereocenters. The number of hydrogen-bond acceptors (Lipinski definition) is 7. The van der Waals surface area contributed by atoms with Gasteiger partial charge >= 0.3 is 5.69 Å². The van der Waals surface area contributed by atoms with Crippen molar-refractivity contribution in [3.8, 4) is 0 Å². The molecule has 0 bridgehead atoms. The molecule has 10 heteroatoms. The predicted octanol–water partition coefficient (Wildman–Crippen LogP) is -0.896. The number of nitrogens with one attached hydrogen (secondary N) is 1. The molecular formula is C14H19N5O5. The Bertz CT molecular complexity index is 825. The Morgan fingerprint density at radius 2 is 2.25 bits per heavy atom. The molecule has 2 aromatic heterocycles. The Morgan fingerprint density at radius 3 is 2.96 bits per heavy atom. The minimum Gasteiger partial charge on any atom is -0.394 e. The molecular weight excluding hydrogens is 318 g/mol. The number of hydrogen-bond donors (Lipinski definition) is 2. The average Bonchev–Trinajstić information content (AvgIpc) is 3.17. The van der Waals surface area contributed by atoms with Crippen molar-refractivity contribution in [2.24, 2.45) is 0 Å². The molecule has 0 saturated carbocycles. The minimum atomic E-state index is -0.606. The molecule has 3 atom stereocenters. The highest BCUT2D eigenvalue weighted by Crippen LogP contribution is 2.35. The maximum Gasteiger partial charge on any atom is 0.330 e. The monoisotopic (exact) mass is 337 g/mol. The van der Waals surface area contributed by atoms with E-state index in [1.54, 1.807) is 24.9 Å². The maximum absolute atomic E-state index is 12.0. The third-order valence-corrected chi connectivity index (χ3v) is 4.03. The molecule has 2 aromatic rings. The van der Waals surface area contributed by atoms with Crippen molar-refractivity contribution in [2.75, 3.05) is 13.7 Å². The van der Waals surface area contributed by atoms with Crippen LogP contribution in [0.15, 0.2) is 22.0 Å². The van der Waals surface area contributed by atoms with E-state index in [9.17, 15) is 14.7 Å². The number of nitrogens with zero attached hydrogens (tertiary/aromatic N) is 4.